The fourth-order valence-corrected chi connectivity index (χ4v) is 5.09. The van der Waals surface area contributed by atoms with Gasteiger partial charge in [-0.1, -0.05) is 6.58 Å². The summed E-state index contributed by atoms with van der Waals surface area (Å²) in [5.74, 6) is 2.90. The quantitative estimate of drug-likeness (QED) is 0.305. The number of carbonyl (C=O) groups excluding carboxylic acids is 1. The van der Waals surface area contributed by atoms with Gasteiger partial charge in [-0.15, -0.1) is 0 Å². The number of piperazine rings is 1. The molecule has 1 saturated heterocycles. The van der Waals surface area contributed by atoms with Crippen molar-refractivity contribution in [1.82, 2.24) is 29.4 Å². The van der Waals surface area contributed by atoms with Crippen LogP contribution in [0.3, 0.4) is 0 Å². The van der Waals surface area contributed by atoms with Crippen LogP contribution in [-0.2, 0) is 11.8 Å². The van der Waals surface area contributed by atoms with Crippen molar-refractivity contribution in [3.63, 3.8) is 0 Å². The molecular weight excluding hydrogens is 504 g/mol. The lowest BCUT2D eigenvalue weighted by molar-refractivity contribution is -0.128. The van der Waals surface area contributed by atoms with E-state index in [-0.39, 0.29) is 11.9 Å². The van der Waals surface area contributed by atoms with Gasteiger partial charge in [-0.3, -0.25) is 4.79 Å². The second-order valence-electron chi connectivity index (χ2n) is 10.0. The predicted molar refractivity (Wildman–Crippen MR) is 156 cm³/mol. The number of aromatic nitrogens is 5. The number of nitrogens with zero attached hydrogens (tertiary/aromatic N) is 7. The lowest BCUT2D eigenvalue weighted by Crippen LogP contribution is -2.53. The Morgan fingerprint density at radius 3 is 2.75 bits per heavy atom. The Morgan fingerprint density at radius 1 is 1.07 bits per heavy atom. The molecule has 40 heavy (non-hydrogen) atoms. The van der Waals surface area contributed by atoms with Crippen LogP contribution in [0.4, 0.5) is 17.3 Å². The van der Waals surface area contributed by atoms with Crippen molar-refractivity contribution < 1.29 is 9.53 Å². The van der Waals surface area contributed by atoms with Crippen LogP contribution in [0.1, 0.15) is 12.5 Å². The third kappa shape index (κ3) is 4.79. The highest BCUT2D eigenvalue weighted by Gasteiger charge is 2.27. The lowest BCUT2D eigenvalue weighted by Gasteiger charge is -2.40. The van der Waals surface area contributed by atoms with Gasteiger partial charge >= 0.3 is 0 Å². The maximum Gasteiger partial charge on any atom is 0.246 e. The van der Waals surface area contributed by atoms with Crippen LogP contribution in [-0.4, -0.2) is 61.0 Å². The van der Waals surface area contributed by atoms with Gasteiger partial charge in [0.15, 0.2) is 5.82 Å². The Kier molecular flexibility index (Phi) is 6.51. The molecule has 1 atom stereocenters. The summed E-state index contributed by atoms with van der Waals surface area (Å²) in [6, 6.07) is 15.8. The first-order valence-corrected chi connectivity index (χ1v) is 13.2. The second-order valence-corrected chi connectivity index (χ2v) is 10.0. The van der Waals surface area contributed by atoms with Crippen molar-refractivity contribution in [1.29, 1.82) is 0 Å². The Hall–Kier alpha value is -4.99. The molecule has 3 aromatic heterocycles. The highest BCUT2D eigenvalue weighted by molar-refractivity contribution is 5.89. The van der Waals surface area contributed by atoms with Crippen molar-refractivity contribution in [2.45, 2.75) is 19.9 Å². The van der Waals surface area contributed by atoms with Gasteiger partial charge in [0.25, 0.3) is 0 Å². The number of ether oxygens (including phenoxy) is 1. The molecule has 1 aliphatic heterocycles. The number of pyridine rings is 1. The van der Waals surface area contributed by atoms with Crippen LogP contribution in [0, 0.1) is 6.92 Å². The minimum absolute atomic E-state index is 0.0421. The zero-order valence-corrected chi connectivity index (χ0v) is 22.7. The first-order valence-electron chi connectivity index (χ1n) is 13.2. The smallest absolute Gasteiger partial charge is 0.246 e. The van der Waals surface area contributed by atoms with Gasteiger partial charge in [-0.25, -0.2) is 19.9 Å². The number of anilines is 3. The fourth-order valence-electron chi connectivity index (χ4n) is 5.09. The van der Waals surface area contributed by atoms with Gasteiger partial charge in [-0.2, -0.15) is 0 Å². The molecule has 0 radical (unpaired) electrons. The van der Waals surface area contributed by atoms with Gasteiger partial charge in [0.2, 0.25) is 5.91 Å². The normalized spacial score (nSPS) is 15.4. The van der Waals surface area contributed by atoms with E-state index >= 15 is 0 Å². The summed E-state index contributed by atoms with van der Waals surface area (Å²) in [5.41, 5.74) is 5.20. The van der Waals surface area contributed by atoms with E-state index in [1.807, 2.05) is 78.9 Å². The van der Waals surface area contributed by atoms with Gasteiger partial charge in [-0.05, 0) is 68.0 Å². The molecule has 1 unspecified atom stereocenters. The van der Waals surface area contributed by atoms with Crippen LogP contribution in [0.15, 0.2) is 73.8 Å². The van der Waals surface area contributed by atoms with Crippen LogP contribution >= 0.6 is 0 Å². The summed E-state index contributed by atoms with van der Waals surface area (Å²) < 4.78 is 8.15. The highest BCUT2D eigenvalue weighted by atomic mass is 16.5. The zero-order valence-electron chi connectivity index (χ0n) is 22.7. The SMILES string of the molecule is C=CC(=O)N1CCN(c2ccc3ncnc(Nc4ccc(Oc5ccc6c(c5)ncn6C)c(C)c4)c3n2)CC1C. The molecule has 1 N–H and O–H groups in total. The van der Waals surface area contributed by atoms with Crippen molar-refractivity contribution in [3.05, 3.63) is 79.4 Å². The summed E-state index contributed by atoms with van der Waals surface area (Å²) >= 11 is 0. The van der Waals surface area contributed by atoms with Crippen molar-refractivity contribution in [3.8, 4) is 11.5 Å². The molecule has 10 heteroatoms. The molecular formula is C30H30N8O2. The van der Waals surface area contributed by atoms with E-state index < -0.39 is 0 Å². The number of nitrogens with one attached hydrogen (secondary N) is 1. The van der Waals surface area contributed by atoms with Gasteiger partial charge in [0, 0.05) is 44.5 Å². The number of hydrogen-bond donors (Lipinski definition) is 1. The molecule has 1 fully saturated rings. The summed E-state index contributed by atoms with van der Waals surface area (Å²) in [5, 5.41) is 3.41. The van der Waals surface area contributed by atoms with E-state index in [1.54, 1.807) is 6.33 Å². The van der Waals surface area contributed by atoms with Gasteiger partial charge in [0.05, 0.1) is 22.9 Å². The number of fused-ring (bicyclic) bond motifs is 2. The topological polar surface area (TPSA) is 101 Å². The monoisotopic (exact) mass is 534 g/mol. The Morgan fingerprint density at radius 2 is 1.95 bits per heavy atom. The second kappa shape index (κ2) is 10.3. The Balaban J connectivity index is 1.21. The van der Waals surface area contributed by atoms with Crippen LogP contribution in [0.25, 0.3) is 22.1 Å². The number of aryl methyl sites for hydroxylation is 2. The van der Waals surface area contributed by atoms with Crippen LogP contribution < -0.4 is 15.0 Å². The standard InChI is InChI=1S/C30H30N8O2/c1-5-28(39)38-13-12-37(16-20(38)3)27-11-8-23-29(35-27)30(32-17-31-23)34-21-6-10-26(19(2)14-21)40-22-7-9-25-24(15-22)33-18-36(25)4/h5-11,14-15,17-18,20H,1,12-13,16H2,2-4H3,(H,31,32,34). The van der Waals surface area contributed by atoms with E-state index in [1.165, 1.54) is 12.4 Å². The lowest BCUT2D eigenvalue weighted by atomic mass is 10.2. The van der Waals surface area contributed by atoms with Crippen molar-refractivity contribution in [2.24, 2.45) is 7.05 Å². The van der Waals surface area contributed by atoms with Gasteiger partial charge < -0.3 is 24.4 Å². The molecule has 10 nitrogen and oxygen atoms in total. The predicted octanol–water partition coefficient (Wildman–Crippen LogP) is 4.98. The highest BCUT2D eigenvalue weighted by Crippen LogP contribution is 2.31. The van der Waals surface area contributed by atoms with Crippen molar-refractivity contribution in [2.75, 3.05) is 29.9 Å². The number of carbonyl (C=O) groups is 1. The number of amides is 1. The van der Waals surface area contributed by atoms with E-state index in [0.29, 0.717) is 31.0 Å². The molecule has 0 spiro atoms. The van der Waals surface area contributed by atoms with E-state index in [0.717, 1.165) is 45.1 Å². The van der Waals surface area contributed by atoms with E-state index in [4.69, 9.17) is 9.72 Å². The zero-order chi connectivity index (χ0) is 27.8. The summed E-state index contributed by atoms with van der Waals surface area (Å²) in [6.07, 6.45) is 4.70. The third-order valence-electron chi connectivity index (χ3n) is 7.24. The first-order chi connectivity index (χ1) is 19.4. The minimum Gasteiger partial charge on any atom is -0.457 e. The first kappa shape index (κ1) is 25.3. The number of hydrogen-bond acceptors (Lipinski definition) is 8. The summed E-state index contributed by atoms with van der Waals surface area (Å²) in [7, 11) is 1.97. The maximum absolute atomic E-state index is 12.1. The summed E-state index contributed by atoms with van der Waals surface area (Å²) in [6.45, 7) is 9.65. The number of benzene rings is 2. The molecule has 0 saturated carbocycles. The molecule has 0 bridgehead atoms. The summed E-state index contributed by atoms with van der Waals surface area (Å²) in [4.78, 5) is 34.4. The molecule has 0 aliphatic carbocycles. The van der Waals surface area contributed by atoms with Gasteiger partial charge in [0.1, 0.15) is 29.2 Å². The minimum atomic E-state index is -0.0421. The maximum atomic E-state index is 12.1. The number of imidazole rings is 1. The van der Waals surface area contributed by atoms with Crippen molar-refractivity contribution >= 4 is 45.3 Å². The molecule has 202 valence electrons. The molecule has 2 aromatic carbocycles. The Labute approximate surface area is 232 Å². The average Bonchev–Trinajstić information content (AvgIpc) is 3.33. The third-order valence-corrected chi connectivity index (χ3v) is 7.24. The number of rotatable bonds is 6. The van der Waals surface area contributed by atoms with E-state index in [9.17, 15) is 4.79 Å². The Bertz CT molecular complexity index is 1750. The largest absolute Gasteiger partial charge is 0.457 e. The molecule has 5 aromatic rings. The van der Waals surface area contributed by atoms with E-state index in [2.05, 4.69) is 31.7 Å². The van der Waals surface area contributed by atoms with Crippen LogP contribution in [0.2, 0.25) is 0 Å². The molecule has 1 amide bonds. The molecule has 6 rings (SSSR count). The molecule has 1 aliphatic rings. The fraction of sp³-hybridized carbons (Fsp3) is 0.233. The molecule has 4 heterocycles. The van der Waals surface area contributed by atoms with Crippen LogP contribution in [0.5, 0.6) is 11.5 Å². The average molecular weight is 535 g/mol.